The lowest BCUT2D eigenvalue weighted by Crippen LogP contribution is -2.40. The Morgan fingerprint density at radius 3 is 2.40 bits per heavy atom. The van der Waals surface area contributed by atoms with Crippen LogP contribution in [0.15, 0.2) is 78.0 Å². The first-order valence-corrected chi connectivity index (χ1v) is 12.7. The summed E-state index contributed by atoms with van der Waals surface area (Å²) in [7, 11) is -4.16. The molecule has 35 heavy (non-hydrogen) atoms. The van der Waals surface area contributed by atoms with E-state index in [2.05, 4.69) is 22.4 Å². The van der Waals surface area contributed by atoms with Gasteiger partial charge in [0.25, 0.3) is 10.0 Å². The van der Waals surface area contributed by atoms with E-state index in [1.807, 2.05) is 65.7 Å². The third-order valence-corrected chi connectivity index (χ3v) is 7.15. The second-order valence-corrected chi connectivity index (χ2v) is 9.90. The summed E-state index contributed by atoms with van der Waals surface area (Å²) in [4.78, 5) is 15.8. The summed E-state index contributed by atoms with van der Waals surface area (Å²) in [5.74, 6) is 0. The van der Waals surface area contributed by atoms with Gasteiger partial charge < -0.3 is 5.32 Å². The molecule has 0 saturated carbocycles. The van der Waals surface area contributed by atoms with E-state index in [-0.39, 0.29) is 11.6 Å². The van der Waals surface area contributed by atoms with E-state index in [1.165, 1.54) is 18.3 Å². The largest absolute Gasteiger partial charge is 0.337 e. The molecule has 0 bridgehead atoms. The highest BCUT2D eigenvalue weighted by Gasteiger charge is 2.22. The van der Waals surface area contributed by atoms with Crippen molar-refractivity contribution >= 4 is 27.7 Å². The lowest BCUT2D eigenvalue weighted by molar-refractivity contribution is 0.246. The second-order valence-electron chi connectivity index (χ2n) is 7.89. The van der Waals surface area contributed by atoms with E-state index in [0.29, 0.717) is 6.42 Å². The Balaban J connectivity index is 1.37. The number of nitrogens with one attached hydrogen (secondary N) is 2. The molecule has 0 fully saturated rings. The Kier molecular flexibility index (Phi) is 7.18. The maximum Gasteiger partial charge on any atom is 0.328 e. The molecular formula is C25H24ClN5O3S. The Hall–Kier alpha value is -3.69. The van der Waals surface area contributed by atoms with Crippen molar-refractivity contribution in [2.45, 2.75) is 25.3 Å². The van der Waals surface area contributed by atoms with Crippen molar-refractivity contribution < 1.29 is 13.2 Å². The molecule has 4 aromatic rings. The van der Waals surface area contributed by atoms with E-state index in [4.69, 9.17) is 16.7 Å². The fourth-order valence-electron chi connectivity index (χ4n) is 3.82. The van der Waals surface area contributed by atoms with Gasteiger partial charge in [-0.3, -0.25) is 0 Å². The van der Waals surface area contributed by atoms with Crippen LogP contribution in [0.1, 0.15) is 17.0 Å². The first-order chi connectivity index (χ1) is 16.8. The molecule has 2 amide bonds. The Morgan fingerprint density at radius 2 is 1.71 bits per heavy atom. The van der Waals surface area contributed by atoms with Crippen LogP contribution in [0.2, 0.25) is 5.02 Å². The van der Waals surface area contributed by atoms with E-state index < -0.39 is 21.1 Å². The Morgan fingerprint density at radius 1 is 1.00 bits per heavy atom. The van der Waals surface area contributed by atoms with Crippen LogP contribution in [-0.2, 0) is 16.4 Å². The zero-order valence-electron chi connectivity index (χ0n) is 19.2. The number of carbonyl (C=O) groups excluding carboxylic acids is 1. The fourth-order valence-corrected chi connectivity index (χ4v) is 5.18. The van der Waals surface area contributed by atoms with Crippen molar-refractivity contribution in [2.24, 2.45) is 0 Å². The summed E-state index contributed by atoms with van der Waals surface area (Å²) < 4.78 is 28.4. The highest BCUT2D eigenvalue weighted by molar-refractivity contribution is 7.90. The standard InChI is InChI=1S/C25H24ClN5O3S/c1-17-23(20-7-4-3-5-8-20)18(2)31(29-17)21-12-10-19(11-13-21)14-16-28-25(32)30-35(33,34)24-22(26)9-6-15-27-24/h3-13,15H,14,16H2,1-2H3,(H2,28,30,32). The predicted octanol–water partition coefficient (Wildman–Crippen LogP) is 4.44. The Bertz CT molecular complexity index is 1450. The lowest BCUT2D eigenvalue weighted by Gasteiger charge is -2.10. The number of benzene rings is 2. The minimum absolute atomic E-state index is 0.0635. The van der Waals surface area contributed by atoms with Gasteiger partial charge >= 0.3 is 6.03 Å². The molecule has 0 spiro atoms. The summed E-state index contributed by atoms with van der Waals surface area (Å²) in [5, 5.41) is 6.80. The quantitative estimate of drug-likeness (QED) is 0.383. The average molecular weight is 510 g/mol. The number of aryl methyl sites for hydroxylation is 1. The van der Waals surface area contributed by atoms with Crippen LogP contribution < -0.4 is 10.0 Å². The van der Waals surface area contributed by atoms with Gasteiger partial charge in [-0.2, -0.15) is 13.5 Å². The number of halogens is 1. The van der Waals surface area contributed by atoms with Crippen LogP contribution in [0.4, 0.5) is 4.79 Å². The van der Waals surface area contributed by atoms with Gasteiger partial charge in [-0.1, -0.05) is 54.1 Å². The molecule has 10 heteroatoms. The highest BCUT2D eigenvalue weighted by Crippen LogP contribution is 2.28. The van der Waals surface area contributed by atoms with Crippen LogP contribution in [0.5, 0.6) is 0 Å². The Labute approximate surface area is 209 Å². The molecule has 2 N–H and O–H groups in total. The van der Waals surface area contributed by atoms with Crippen LogP contribution in [-0.4, -0.2) is 35.8 Å². The summed E-state index contributed by atoms with van der Waals surface area (Å²) in [6, 6.07) is 20.1. The van der Waals surface area contributed by atoms with Crippen molar-refractivity contribution in [3.63, 3.8) is 0 Å². The van der Waals surface area contributed by atoms with Crippen LogP contribution in [0.25, 0.3) is 16.8 Å². The van der Waals surface area contributed by atoms with E-state index in [9.17, 15) is 13.2 Å². The van der Waals surface area contributed by atoms with Crippen molar-refractivity contribution in [3.8, 4) is 16.8 Å². The van der Waals surface area contributed by atoms with Crippen molar-refractivity contribution in [1.82, 2.24) is 24.8 Å². The third-order valence-electron chi connectivity index (χ3n) is 5.44. The van der Waals surface area contributed by atoms with Gasteiger partial charge in [0.2, 0.25) is 0 Å². The topological polar surface area (TPSA) is 106 Å². The number of amides is 2. The molecule has 4 rings (SSSR count). The van der Waals surface area contributed by atoms with Gasteiger partial charge in [0.15, 0.2) is 5.03 Å². The summed E-state index contributed by atoms with van der Waals surface area (Å²) in [5.41, 5.74) is 6.16. The van der Waals surface area contributed by atoms with E-state index in [1.54, 1.807) is 0 Å². The number of sulfonamides is 1. The lowest BCUT2D eigenvalue weighted by atomic mass is 10.0. The van der Waals surface area contributed by atoms with E-state index >= 15 is 0 Å². The molecule has 0 aliphatic heterocycles. The number of aromatic nitrogens is 3. The molecule has 0 saturated heterocycles. The molecule has 0 atom stereocenters. The minimum Gasteiger partial charge on any atom is -0.337 e. The highest BCUT2D eigenvalue weighted by atomic mass is 35.5. The first kappa shape index (κ1) is 24.4. The number of hydrogen-bond donors (Lipinski definition) is 2. The van der Waals surface area contributed by atoms with Gasteiger partial charge in [0.05, 0.1) is 16.4 Å². The molecule has 0 aliphatic rings. The zero-order valence-corrected chi connectivity index (χ0v) is 20.8. The first-order valence-electron chi connectivity index (χ1n) is 10.9. The number of pyridine rings is 1. The monoisotopic (exact) mass is 509 g/mol. The van der Waals surface area contributed by atoms with Crippen LogP contribution in [0, 0.1) is 13.8 Å². The number of rotatable bonds is 7. The second kappa shape index (κ2) is 10.3. The third kappa shape index (κ3) is 5.52. The zero-order chi connectivity index (χ0) is 25.0. The molecule has 0 unspecified atom stereocenters. The molecule has 2 aromatic carbocycles. The molecular weight excluding hydrogens is 486 g/mol. The minimum atomic E-state index is -4.16. The maximum atomic E-state index is 12.3. The van der Waals surface area contributed by atoms with E-state index in [0.717, 1.165) is 33.8 Å². The van der Waals surface area contributed by atoms with Crippen molar-refractivity contribution in [1.29, 1.82) is 0 Å². The van der Waals surface area contributed by atoms with Gasteiger partial charge in [0, 0.05) is 24.0 Å². The average Bonchev–Trinajstić information content (AvgIpc) is 3.13. The molecule has 2 aromatic heterocycles. The fraction of sp³-hybridized carbons (Fsp3) is 0.160. The van der Waals surface area contributed by atoms with Gasteiger partial charge in [-0.15, -0.1) is 0 Å². The number of urea groups is 1. The smallest absolute Gasteiger partial charge is 0.328 e. The van der Waals surface area contributed by atoms with Gasteiger partial charge in [-0.25, -0.2) is 19.2 Å². The summed E-state index contributed by atoms with van der Waals surface area (Å²) >= 11 is 5.86. The predicted molar refractivity (Wildman–Crippen MR) is 135 cm³/mol. The van der Waals surface area contributed by atoms with Crippen LogP contribution >= 0.6 is 11.6 Å². The molecule has 180 valence electrons. The van der Waals surface area contributed by atoms with Crippen molar-refractivity contribution in [2.75, 3.05) is 6.54 Å². The molecule has 2 heterocycles. The number of carbonyl (C=O) groups is 1. The number of nitrogens with zero attached hydrogens (tertiary/aromatic N) is 3. The summed E-state index contributed by atoms with van der Waals surface area (Å²) in [6.07, 6.45) is 1.81. The number of hydrogen-bond acceptors (Lipinski definition) is 5. The molecule has 0 aliphatic carbocycles. The van der Waals surface area contributed by atoms with Gasteiger partial charge in [-0.05, 0) is 55.7 Å². The SMILES string of the molecule is Cc1nn(-c2ccc(CCNC(=O)NS(=O)(=O)c3ncccc3Cl)cc2)c(C)c1-c1ccccc1. The van der Waals surface area contributed by atoms with Crippen molar-refractivity contribution in [3.05, 3.63) is 94.9 Å². The van der Waals surface area contributed by atoms with Crippen LogP contribution in [0.3, 0.4) is 0 Å². The summed E-state index contributed by atoms with van der Waals surface area (Å²) in [6.45, 7) is 4.29. The maximum absolute atomic E-state index is 12.3. The molecule has 8 nitrogen and oxygen atoms in total. The van der Waals surface area contributed by atoms with Gasteiger partial charge in [0.1, 0.15) is 0 Å². The molecule has 0 radical (unpaired) electrons. The normalized spacial score (nSPS) is 11.3.